The van der Waals surface area contributed by atoms with Crippen LogP contribution in [0, 0.1) is 5.82 Å². The molecule has 0 amide bonds. The smallest absolute Gasteiger partial charge is 0.197 e. The van der Waals surface area contributed by atoms with Gasteiger partial charge in [-0.25, -0.2) is 4.39 Å². The summed E-state index contributed by atoms with van der Waals surface area (Å²) >= 11 is 0. The Balaban J connectivity index is 2.15. The van der Waals surface area contributed by atoms with Crippen molar-refractivity contribution in [1.29, 1.82) is 0 Å². The quantitative estimate of drug-likeness (QED) is 0.840. The summed E-state index contributed by atoms with van der Waals surface area (Å²) in [6, 6.07) is 4.42. The van der Waals surface area contributed by atoms with Crippen LogP contribution in [0.3, 0.4) is 0 Å². The number of halogens is 1. The van der Waals surface area contributed by atoms with Gasteiger partial charge in [0.05, 0.1) is 18.8 Å². The third-order valence-corrected chi connectivity index (χ3v) is 2.64. The third-order valence-electron chi connectivity index (χ3n) is 2.64. The molecule has 0 saturated heterocycles. The van der Waals surface area contributed by atoms with Crippen LogP contribution in [0.25, 0.3) is 11.3 Å². The molecule has 0 fully saturated rings. The van der Waals surface area contributed by atoms with Gasteiger partial charge in [0.15, 0.2) is 28.9 Å². The fraction of sp³-hybridized carbons (Fsp3) is 0.250. The van der Waals surface area contributed by atoms with E-state index in [2.05, 4.69) is 5.16 Å². The van der Waals surface area contributed by atoms with Crippen LogP contribution in [0.4, 0.5) is 10.2 Å². The van der Waals surface area contributed by atoms with Crippen molar-refractivity contribution < 1.29 is 18.4 Å². The third kappa shape index (κ3) is 1.75. The van der Waals surface area contributed by atoms with E-state index in [1.807, 2.05) is 0 Å². The fourth-order valence-electron chi connectivity index (χ4n) is 1.83. The minimum atomic E-state index is -0.455. The highest BCUT2D eigenvalue weighted by Crippen LogP contribution is 2.41. The summed E-state index contributed by atoms with van der Waals surface area (Å²) in [5.41, 5.74) is 6.08. The molecule has 6 heteroatoms. The number of rotatable bonds is 1. The lowest BCUT2D eigenvalue weighted by Gasteiger charge is -2.11. The van der Waals surface area contributed by atoms with E-state index in [1.54, 1.807) is 12.1 Å². The number of benzene rings is 1. The predicted molar refractivity (Wildman–Crippen MR) is 61.9 cm³/mol. The molecule has 0 unspecified atom stereocenters. The number of hydrogen-bond donors (Lipinski definition) is 1. The minimum Gasteiger partial charge on any atom is -0.489 e. The van der Waals surface area contributed by atoms with Gasteiger partial charge in [0.25, 0.3) is 0 Å². The van der Waals surface area contributed by atoms with Crippen molar-refractivity contribution in [1.82, 2.24) is 5.16 Å². The van der Waals surface area contributed by atoms with Crippen molar-refractivity contribution in [2.24, 2.45) is 0 Å². The monoisotopic (exact) mass is 250 g/mol. The van der Waals surface area contributed by atoms with Crippen LogP contribution >= 0.6 is 0 Å². The molecule has 0 radical (unpaired) electrons. The van der Waals surface area contributed by atoms with E-state index in [0.717, 1.165) is 0 Å². The van der Waals surface area contributed by atoms with Crippen LogP contribution in [-0.2, 0) is 0 Å². The predicted octanol–water partition coefficient (Wildman–Crippen LogP) is 2.22. The second kappa shape index (κ2) is 4.21. The van der Waals surface area contributed by atoms with Crippen molar-refractivity contribution >= 4 is 5.82 Å². The normalized spacial score (nSPS) is 14.3. The van der Waals surface area contributed by atoms with Gasteiger partial charge in [-0.1, -0.05) is 5.16 Å². The lowest BCUT2D eigenvalue weighted by molar-refractivity contribution is 0.292. The Morgan fingerprint density at radius 3 is 2.67 bits per heavy atom. The Morgan fingerprint density at radius 1 is 1.17 bits per heavy atom. The zero-order valence-electron chi connectivity index (χ0n) is 9.48. The molecular formula is C12H11FN2O3. The summed E-state index contributed by atoms with van der Waals surface area (Å²) in [5.74, 6) is 0.679. The van der Waals surface area contributed by atoms with E-state index < -0.39 is 5.82 Å². The molecule has 18 heavy (non-hydrogen) atoms. The molecule has 0 atom stereocenters. The summed E-state index contributed by atoms with van der Waals surface area (Å²) in [5, 5.41) is 3.60. The lowest BCUT2D eigenvalue weighted by atomic mass is 10.1. The first-order chi connectivity index (χ1) is 8.75. The van der Waals surface area contributed by atoms with Gasteiger partial charge in [-0.2, -0.15) is 0 Å². The Hall–Kier alpha value is -2.24. The molecule has 1 aliphatic rings. The summed E-state index contributed by atoms with van der Waals surface area (Å²) in [4.78, 5) is 0. The molecule has 5 nitrogen and oxygen atoms in total. The maximum Gasteiger partial charge on any atom is 0.197 e. The molecule has 0 bridgehead atoms. The topological polar surface area (TPSA) is 70.5 Å². The molecule has 2 N–H and O–H groups in total. The number of nitrogens with zero attached hydrogens (tertiary/aromatic N) is 1. The maximum atomic E-state index is 13.7. The number of nitrogen functional groups attached to an aromatic ring is 1. The van der Waals surface area contributed by atoms with E-state index >= 15 is 0 Å². The molecular weight excluding hydrogens is 239 g/mol. The van der Waals surface area contributed by atoms with Crippen LogP contribution in [0.1, 0.15) is 6.42 Å². The van der Waals surface area contributed by atoms with Gasteiger partial charge in [-0.3, -0.25) is 0 Å². The molecule has 94 valence electrons. The van der Waals surface area contributed by atoms with Crippen molar-refractivity contribution in [2.45, 2.75) is 6.42 Å². The lowest BCUT2D eigenvalue weighted by Crippen LogP contribution is -1.98. The van der Waals surface area contributed by atoms with E-state index in [4.69, 9.17) is 19.7 Å². The first kappa shape index (κ1) is 10.9. The average molecular weight is 250 g/mol. The van der Waals surface area contributed by atoms with Crippen LogP contribution in [0.5, 0.6) is 11.5 Å². The first-order valence-corrected chi connectivity index (χ1v) is 5.56. The van der Waals surface area contributed by atoms with Gasteiger partial charge in [0.2, 0.25) is 0 Å². The molecule has 2 heterocycles. The Morgan fingerprint density at radius 2 is 1.94 bits per heavy atom. The van der Waals surface area contributed by atoms with Gasteiger partial charge < -0.3 is 19.7 Å². The SMILES string of the molecule is Nc1cc(-c2ccc(F)c3c2OCCCO3)on1. The average Bonchev–Trinajstić information content (AvgIpc) is 2.64. The van der Waals surface area contributed by atoms with Crippen molar-refractivity contribution in [3.05, 3.63) is 24.0 Å². The molecule has 0 saturated carbocycles. The van der Waals surface area contributed by atoms with Gasteiger partial charge in [-0.15, -0.1) is 0 Å². The van der Waals surface area contributed by atoms with E-state index in [1.165, 1.54) is 6.07 Å². The fourth-order valence-corrected chi connectivity index (χ4v) is 1.83. The van der Waals surface area contributed by atoms with Gasteiger partial charge in [0.1, 0.15) is 0 Å². The highest BCUT2D eigenvalue weighted by molar-refractivity contribution is 5.71. The van der Waals surface area contributed by atoms with Crippen LogP contribution in [0.2, 0.25) is 0 Å². The molecule has 1 aromatic carbocycles. The van der Waals surface area contributed by atoms with Crippen LogP contribution < -0.4 is 15.2 Å². The second-order valence-corrected chi connectivity index (χ2v) is 3.92. The number of aromatic nitrogens is 1. The number of anilines is 1. The standard InChI is InChI=1S/C12H11FN2O3/c13-8-3-2-7(9-6-10(14)15-18-9)11-12(8)17-5-1-4-16-11/h2-3,6H,1,4-5H2,(H2,14,15). The Labute approximate surface area is 102 Å². The molecule has 0 spiro atoms. The first-order valence-electron chi connectivity index (χ1n) is 5.56. The summed E-state index contributed by atoms with van der Waals surface area (Å²) in [7, 11) is 0. The van der Waals surface area contributed by atoms with Gasteiger partial charge in [0, 0.05) is 12.5 Å². The molecule has 1 aliphatic heterocycles. The van der Waals surface area contributed by atoms with Crippen LogP contribution in [-0.4, -0.2) is 18.4 Å². The van der Waals surface area contributed by atoms with Gasteiger partial charge in [-0.05, 0) is 12.1 Å². The number of hydrogen-bond acceptors (Lipinski definition) is 5. The molecule has 2 aromatic rings. The Kier molecular flexibility index (Phi) is 2.55. The minimum absolute atomic E-state index is 0.111. The largest absolute Gasteiger partial charge is 0.489 e. The molecule has 1 aromatic heterocycles. The zero-order chi connectivity index (χ0) is 12.5. The summed E-state index contributed by atoms with van der Waals surface area (Å²) < 4.78 is 29.6. The Bertz CT molecular complexity index is 583. The zero-order valence-corrected chi connectivity index (χ0v) is 9.48. The summed E-state index contributed by atoms with van der Waals surface area (Å²) in [6.45, 7) is 0.888. The van der Waals surface area contributed by atoms with Crippen molar-refractivity contribution in [2.75, 3.05) is 18.9 Å². The summed E-state index contributed by atoms with van der Waals surface area (Å²) in [6.07, 6.45) is 0.700. The molecule has 0 aliphatic carbocycles. The van der Waals surface area contributed by atoms with Gasteiger partial charge >= 0.3 is 0 Å². The van der Waals surface area contributed by atoms with E-state index in [0.29, 0.717) is 36.7 Å². The number of nitrogens with two attached hydrogens (primary N) is 1. The van der Waals surface area contributed by atoms with E-state index in [9.17, 15) is 4.39 Å². The number of fused-ring (bicyclic) bond motifs is 1. The maximum absolute atomic E-state index is 13.7. The van der Waals surface area contributed by atoms with E-state index in [-0.39, 0.29) is 11.6 Å². The van der Waals surface area contributed by atoms with Crippen LogP contribution in [0.15, 0.2) is 22.7 Å². The van der Waals surface area contributed by atoms with Crippen molar-refractivity contribution in [3.63, 3.8) is 0 Å². The number of ether oxygens (including phenoxy) is 2. The second-order valence-electron chi connectivity index (χ2n) is 3.92. The van der Waals surface area contributed by atoms with Crippen molar-refractivity contribution in [3.8, 4) is 22.8 Å². The molecule has 3 rings (SSSR count). The highest BCUT2D eigenvalue weighted by Gasteiger charge is 2.22. The highest BCUT2D eigenvalue weighted by atomic mass is 19.1.